The van der Waals surface area contributed by atoms with Crippen molar-refractivity contribution >= 4 is 33.2 Å². The number of aryl methyl sites for hydroxylation is 3. The average molecular weight is 470 g/mol. The number of nitrogens with one attached hydrogen (secondary N) is 3. The Morgan fingerprint density at radius 2 is 1.55 bits per heavy atom. The van der Waals surface area contributed by atoms with E-state index in [4.69, 9.17) is 0 Å². The number of benzene rings is 3. The van der Waals surface area contributed by atoms with E-state index in [9.17, 15) is 22.4 Å². The summed E-state index contributed by atoms with van der Waals surface area (Å²) in [7, 11) is -4.00. The number of halogens is 1. The van der Waals surface area contributed by atoms with Crippen LogP contribution in [0.3, 0.4) is 0 Å². The molecule has 33 heavy (non-hydrogen) atoms. The molecule has 3 aromatic rings. The first-order valence-corrected chi connectivity index (χ1v) is 11.6. The minimum absolute atomic E-state index is 0.0764. The standard InChI is InChI=1S/C24H24FN3O4S/c1-15-11-16(2)23(17(3)12-15)27-22(29)14-26-24(30)18-5-4-6-21(13-18)33(31,32)28-20-9-7-19(25)8-10-20/h4-13,28H,14H2,1-3H3,(H,26,30)(H,27,29). The number of amides is 2. The summed E-state index contributed by atoms with van der Waals surface area (Å²) in [5, 5.41) is 5.29. The van der Waals surface area contributed by atoms with Crippen molar-refractivity contribution in [3.63, 3.8) is 0 Å². The van der Waals surface area contributed by atoms with Crippen LogP contribution in [0.4, 0.5) is 15.8 Å². The van der Waals surface area contributed by atoms with Gasteiger partial charge in [-0.3, -0.25) is 14.3 Å². The zero-order valence-electron chi connectivity index (χ0n) is 18.4. The molecule has 0 aliphatic carbocycles. The summed E-state index contributed by atoms with van der Waals surface area (Å²) >= 11 is 0. The van der Waals surface area contributed by atoms with E-state index in [0.29, 0.717) is 5.69 Å². The van der Waals surface area contributed by atoms with E-state index in [-0.39, 0.29) is 22.7 Å². The first-order chi connectivity index (χ1) is 15.5. The van der Waals surface area contributed by atoms with Crippen molar-refractivity contribution < 1.29 is 22.4 Å². The topological polar surface area (TPSA) is 104 Å². The Balaban J connectivity index is 1.66. The highest BCUT2D eigenvalue weighted by molar-refractivity contribution is 7.92. The fourth-order valence-electron chi connectivity index (χ4n) is 3.36. The van der Waals surface area contributed by atoms with Crippen LogP contribution in [0.5, 0.6) is 0 Å². The Bertz CT molecular complexity index is 1280. The Morgan fingerprint density at radius 1 is 0.909 bits per heavy atom. The number of hydrogen-bond acceptors (Lipinski definition) is 4. The molecule has 0 saturated carbocycles. The van der Waals surface area contributed by atoms with Crippen LogP contribution >= 0.6 is 0 Å². The molecule has 0 atom stereocenters. The molecule has 7 nitrogen and oxygen atoms in total. The molecule has 0 aliphatic heterocycles. The number of sulfonamides is 1. The Kier molecular flexibility index (Phi) is 7.13. The first-order valence-electron chi connectivity index (χ1n) is 10.1. The van der Waals surface area contributed by atoms with Gasteiger partial charge in [0, 0.05) is 16.9 Å². The van der Waals surface area contributed by atoms with Gasteiger partial charge in [-0.15, -0.1) is 0 Å². The molecule has 0 radical (unpaired) electrons. The quantitative estimate of drug-likeness (QED) is 0.488. The number of carbonyl (C=O) groups excluding carboxylic acids is 2. The smallest absolute Gasteiger partial charge is 0.261 e. The third-order valence-corrected chi connectivity index (χ3v) is 6.23. The average Bonchev–Trinajstić information content (AvgIpc) is 2.76. The SMILES string of the molecule is Cc1cc(C)c(NC(=O)CNC(=O)c2cccc(S(=O)(=O)Nc3ccc(F)cc3)c2)c(C)c1. The van der Waals surface area contributed by atoms with E-state index in [2.05, 4.69) is 15.4 Å². The summed E-state index contributed by atoms with van der Waals surface area (Å²) in [6, 6.07) is 14.1. The van der Waals surface area contributed by atoms with Gasteiger partial charge in [-0.25, -0.2) is 12.8 Å². The Hall–Kier alpha value is -3.72. The second-order valence-electron chi connectivity index (χ2n) is 7.64. The van der Waals surface area contributed by atoms with Gasteiger partial charge in [0.1, 0.15) is 5.82 Å². The molecular formula is C24H24FN3O4S. The summed E-state index contributed by atoms with van der Waals surface area (Å²) in [5.41, 5.74) is 3.87. The highest BCUT2D eigenvalue weighted by Crippen LogP contribution is 2.22. The molecule has 3 N–H and O–H groups in total. The maximum atomic E-state index is 13.0. The first kappa shape index (κ1) is 23.9. The van der Waals surface area contributed by atoms with Gasteiger partial charge in [0.25, 0.3) is 15.9 Å². The van der Waals surface area contributed by atoms with Crippen molar-refractivity contribution in [1.29, 1.82) is 0 Å². The molecule has 0 heterocycles. The maximum Gasteiger partial charge on any atom is 0.261 e. The van der Waals surface area contributed by atoms with E-state index in [1.54, 1.807) is 0 Å². The van der Waals surface area contributed by atoms with E-state index in [0.717, 1.165) is 28.8 Å². The third kappa shape index (κ3) is 6.17. The number of hydrogen-bond donors (Lipinski definition) is 3. The van der Waals surface area contributed by atoms with Crippen molar-refractivity contribution in [2.75, 3.05) is 16.6 Å². The molecule has 9 heteroatoms. The van der Waals surface area contributed by atoms with Crippen LogP contribution in [0.25, 0.3) is 0 Å². The number of carbonyl (C=O) groups is 2. The summed E-state index contributed by atoms with van der Waals surface area (Å²) in [5.74, 6) is -1.49. The minimum Gasteiger partial charge on any atom is -0.343 e. The van der Waals surface area contributed by atoms with Crippen molar-refractivity contribution in [3.8, 4) is 0 Å². The highest BCUT2D eigenvalue weighted by atomic mass is 32.2. The van der Waals surface area contributed by atoms with Gasteiger partial charge in [-0.2, -0.15) is 0 Å². The maximum absolute atomic E-state index is 13.0. The molecule has 0 aromatic heterocycles. The lowest BCUT2D eigenvalue weighted by molar-refractivity contribution is -0.115. The molecule has 0 fully saturated rings. The lowest BCUT2D eigenvalue weighted by atomic mass is 10.1. The van der Waals surface area contributed by atoms with Gasteiger partial charge in [0.05, 0.1) is 11.4 Å². The highest BCUT2D eigenvalue weighted by Gasteiger charge is 2.17. The molecule has 0 bridgehead atoms. The van der Waals surface area contributed by atoms with Crippen LogP contribution in [-0.4, -0.2) is 26.8 Å². The second-order valence-corrected chi connectivity index (χ2v) is 9.33. The lowest BCUT2D eigenvalue weighted by Crippen LogP contribution is -2.33. The Labute approximate surface area is 192 Å². The van der Waals surface area contributed by atoms with Crippen molar-refractivity contribution in [2.45, 2.75) is 25.7 Å². The predicted molar refractivity (Wildman–Crippen MR) is 125 cm³/mol. The van der Waals surface area contributed by atoms with Gasteiger partial charge in [-0.1, -0.05) is 23.8 Å². The summed E-state index contributed by atoms with van der Waals surface area (Å²) in [6.45, 7) is 5.46. The van der Waals surface area contributed by atoms with Crippen LogP contribution in [0.15, 0.2) is 65.6 Å². The van der Waals surface area contributed by atoms with E-state index < -0.39 is 27.7 Å². The molecule has 2 amide bonds. The molecule has 3 rings (SSSR count). The van der Waals surface area contributed by atoms with E-state index >= 15 is 0 Å². The summed E-state index contributed by atoms with van der Waals surface area (Å²) in [4.78, 5) is 24.7. The van der Waals surface area contributed by atoms with Crippen LogP contribution < -0.4 is 15.4 Å². The van der Waals surface area contributed by atoms with Crippen molar-refractivity contribution in [1.82, 2.24) is 5.32 Å². The fourth-order valence-corrected chi connectivity index (χ4v) is 4.46. The predicted octanol–water partition coefficient (Wildman–Crippen LogP) is 3.92. The third-order valence-electron chi connectivity index (χ3n) is 4.85. The van der Waals surface area contributed by atoms with Crippen LogP contribution in [0, 0.1) is 26.6 Å². The number of anilines is 2. The van der Waals surface area contributed by atoms with Gasteiger partial charge < -0.3 is 10.6 Å². The molecule has 172 valence electrons. The van der Waals surface area contributed by atoms with E-state index in [1.165, 1.54) is 36.4 Å². The second kappa shape index (κ2) is 9.83. The lowest BCUT2D eigenvalue weighted by Gasteiger charge is -2.13. The largest absolute Gasteiger partial charge is 0.343 e. The summed E-state index contributed by atoms with van der Waals surface area (Å²) < 4.78 is 40.6. The van der Waals surface area contributed by atoms with Gasteiger partial charge in [0.15, 0.2) is 0 Å². The number of rotatable bonds is 7. The monoisotopic (exact) mass is 469 g/mol. The summed E-state index contributed by atoms with van der Waals surface area (Å²) in [6.07, 6.45) is 0. The zero-order valence-corrected chi connectivity index (χ0v) is 19.2. The van der Waals surface area contributed by atoms with Crippen LogP contribution in [0.1, 0.15) is 27.0 Å². The molecular weight excluding hydrogens is 445 g/mol. The van der Waals surface area contributed by atoms with Crippen molar-refractivity contribution in [3.05, 3.63) is 88.7 Å². The minimum atomic E-state index is -4.00. The molecule has 0 spiro atoms. The zero-order chi connectivity index (χ0) is 24.2. The van der Waals surface area contributed by atoms with Gasteiger partial charge >= 0.3 is 0 Å². The van der Waals surface area contributed by atoms with Crippen LogP contribution in [-0.2, 0) is 14.8 Å². The molecule has 0 aliphatic rings. The molecule has 0 saturated heterocycles. The van der Waals surface area contributed by atoms with Gasteiger partial charge in [0.2, 0.25) is 5.91 Å². The normalized spacial score (nSPS) is 11.0. The van der Waals surface area contributed by atoms with E-state index in [1.807, 2.05) is 32.9 Å². The Morgan fingerprint density at radius 3 is 2.18 bits per heavy atom. The fraction of sp³-hybridized carbons (Fsp3) is 0.167. The molecule has 0 unspecified atom stereocenters. The van der Waals surface area contributed by atoms with Crippen molar-refractivity contribution in [2.24, 2.45) is 0 Å². The van der Waals surface area contributed by atoms with Crippen LogP contribution in [0.2, 0.25) is 0 Å². The molecule has 3 aromatic carbocycles. The van der Waals surface area contributed by atoms with Gasteiger partial charge in [-0.05, 0) is 74.4 Å².